The molecular weight excluding hydrogens is 218 g/mol. The monoisotopic (exact) mass is 237 g/mol. The Labute approximate surface area is 102 Å². The number of fused-ring (bicyclic) bond motifs is 1. The highest BCUT2D eigenvalue weighted by molar-refractivity contribution is 5.61. The molecular formula is C13H19NO3. The molecule has 4 heteroatoms. The largest absolute Gasteiger partial charge is 0.493 e. The SMILES string of the molecule is CCCCOc1cc2c(cc1OC)COCN2. The van der Waals surface area contributed by atoms with Gasteiger partial charge in [-0.2, -0.15) is 0 Å². The number of unbranched alkanes of at least 4 members (excludes halogenated alkanes) is 1. The Hall–Kier alpha value is -1.42. The Kier molecular flexibility index (Phi) is 4.09. The van der Waals surface area contributed by atoms with Crippen molar-refractivity contribution in [1.82, 2.24) is 0 Å². The zero-order valence-corrected chi connectivity index (χ0v) is 10.4. The lowest BCUT2D eigenvalue weighted by atomic mass is 10.1. The van der Waals surface area contributed by atoms with E-state index in [-0.39, 0.29) is 0 Å². The topological polar surface area (TPSA) is 39.7 Å². The van der Waals surface area contributed by atoms with Crippen molar-refractivity contribution in [3.8, 4) is 11.5 Å². The maximum Gasteiger partial charge on any atom is 0.163 e. The molecule has 0 fully saturated rings. The van der Waals surface area contributed by atoms with E-state index in [0.29, 0.717) is 13.3 Å². The first-order valence-electron chi connectivity index (χ1n) is 6.00. The summed E-state index contributed by atoms with van der Waals surface area (Å²) in [4.78, 5) is 0. The van der Waals surface area contributed by atoms with Crippen LogP contribution in [0.2, 0.25) is 0 Å². The summed E-state index contributed by atoms with van der Waals surface area (Å²) in [6.07, 6.45) is 2.18. The molecule has 0 aliphatic carbocycles. The van der Waals surface area contributed by atoms with Gasteiger partial charge in [-0.1, -0.05) is 13.3 Å². The predicted molar refractivity (Wildman–Crippen MR) is 66.7 cm³/mol. The van der Waals surface area contributed by atoms with Gasteiger partial charge in [-0.05, 0) is 12.5 Å². The number of ether oxygens (including phenoxy) is 3. The summed E-state index contributed by atoms with van der Waals surface area (Å²) in [5.74, 6) is 1.57. The first kappa shape index (κ1) is 12.0. The molecule has 1 aliphatic heterocycles. The van der Waals surface area contributed by atoms with Gasteiger partial charge in [-0.25, -0.2) is 0 Å². The second kappa shape index (κ2) is 5.77. The van der Waals surface area contributed by atoms with E-state index in [1.165, 1.54) is 0 Å². The van der Waals surface area contributed by atoms with Crippen molar-refractivity contribution in [2.45, 2.75) is 26.4 Å². The minimum atomic E-state index is 0.549. The summed E-state index contributed by atoms with van der Waals surface area (Å²) >= 11 is 0. The van der Waals surface area contributed by atoms with Gasteiger partial charge in [-0.3, -0.25) is 0 Å². The summed E-state index contributed by atoms with van der Waals surface area (Å²) in [5, 5.41) is 3.19. The van der Waals surface area contributed by atoms with Gasteiger partial charge in [-0.15, -0.1) is 0 Å². The molecule has 1 heterocycles. The molecule has 0 radical (unpaired) electrons. The highest BCUT2D eigenvalue weighted by atomic mass is 16.5. The van der Waals surface area contributed by atoms with Gasteiger partial charge >= 0.3 is 0 Å². The second-order valence-corrected chi connectivity index (χ2v) is 4.03. The van der Waals surface area contributed by atoms with Gasteiger partial charge < -0.3 is 19.5 Å². The van der Waals surface area contributed by atoms with Gasteiger partial charge in [0.1, 0.15) is 6.73 Å². The van der Waals surface area contributed by atoms with Crippen LogP contribution in [-0.2, 0) is 11.3 Å². The van der Waals surface area contributed by atoms with Gasteiger partial charge in [0, 0.05) is 17.3 Å². The molecule has 0 atom stereocenters. The van der Waals surface area contributed by atoms with E-state index in [0.717, 1.165) is 42.2 Å². The van der Waals surface area contributed by atoms with Crippen molar-refractivity contribution < 1.29 is 14.2 Å². The summed E-state index contributed by atoms with van der Waals surface area (Å²) < 4.78 is 16.4. The molecule has 1 aromatic rings. The zero-order chi connectivity index (χ0) is 12.1. The summed E-state index contributed by atoms with van der Waals surface area (Å²) in [6.45, 7) is 4.04. The Balaban J connectivity index is 2.17. The predicted octanol–water partition coefficient (Wildman–Crippen LogP) is 2.77. The number of nitrogens with one attached hydrogen (secondary N) is 1. The third kappa shape index (κ3) is 2.82. The minimum absolute atomic E-state index is 0.549. The number of hydrogen-bond acceptors (Lipinski definition) is 4. The van der Waals surface area contributed by atoms with Crippen LogP contribution in [0.25, 0.3) is 0 Å². The molecule has 1 aliphatic rings. The van der Waals surface area contributed by atoms with E-state index in [1.54, 1.807) is 7.11 Å². The maximum absolute atomic E-state index is 5.73. The van der Waals surface area contributed by atoms with E-state index in [4.69, 9.17) is 14.2 Å². The van der Waals surface area contributed by atoms with Crippen molar-refractivity contribution in [2.24, 2.45) is 0 Å². The normalized spacial score (nSPS) is 13.8. The molecule has 4 nitrogen and oxygen atoms in total. The van der Waals surface area contributed by atoms with Crippen molar-refractivity contribution in [3.63, 3.8) is 0 Å². The quantitative estimate of drug-likeness (QED) is 0.799. The lowest BCUT2D eigenvalue weighted by Gasteiger charge is -2.21. The first-order chi connectivity index (χ1) is 8.35. The van der Waals surface area contributed by atoms with Crippen LogP contribution in [0.3, 0.4) is 0 Å². The Morgan fingerprint density at radius 3 is 3.00 bits per heavy atom. The van der Waals surface area contributed by atoms with Crippen LogP contribution in [0, 0.1) is 0 Å². The number of rotatable bonds is 5. The van der Waals surface area contributed by atoms with Crippen LogP contribution < -0.4 is 14.8 Å². The molecule has 94 valence electrons. The summed E-state index contributed by atoms with van der Waals surface area (Å²) in [7, 11) is 1.66. The molecule has 1 aromatic carbocycles. The third-order valence-corrected chi connectivity index (χ3v) is 2.77. The van der Waals surface area contributed by atoms with E-state index in [9.17, 15) is 0 Å². The molecule has 0 aromatic heterocycles. The molecule has 1 N–H and O–H groups in total. The highest BCUT2D eigenvalue weighted by Crippen LogP contribution is 2.35. The van der Waals surface area contributed by atoms with Crippen LogP contribution >= 0.6 is 0 Å². The summed E-state index contributed by atoms with van der Waals surface area (Å²) in [6, 6.07) is 3.97. The average molecular weight is 237 g/mol. The zero-order valence-electron chi connectivity index (χ0n) is 10.4. The van der Waals surface area contributed by atoms with E-state index in [1.807, 2.05) is 12.1 Å². The van der Waals surface area contributed by atoms with Crippen LogP contribution in [0.15, 0.2) is 12.1 Å². The highest BCUT2D eigenvalue weighted by Gasteiger charge is 2.14. The Bertz CT molecular complexity index is 379. The van der Waals surface area contributed by atoms with Crippen molar-refractivity contribution in [2.75, 3.05) is 25.8 Å². The number of methoxy groups -OCH3 is 1. The Morgan fingerprint density at radius 2 is 2.24 bits per heavy atom. The van der Waals surface area contributed by atoms with Gasteiger partial charge in [0.05, 0.1) is 20.3 Å². The van der Waals surface area contributed by atoms with Crippen molar-refractivity contribution >= 4 is 5.69 Å². The maximum atomic E-state index is 5.73. The van der Waals surface area contributed by atoms with Gasteiger partial charge in [0.2, 0.25) is 0 Å². The molecule has 0 saturated carbocycles. The molecule has 2 rings (SSSR count). The molecule has 0 spiro atoms. The standard InChI is InChI=1S/C13H19NO3/c1-3-4-5-17-13-7-11-10(6-12(13)15-2)8-16-9-14-11/h6-7,14H,3-5,8-9H2,1-2H3. The van der Waals surface area contributed by atoms with E-state index < -0.39 is 0 Å². The molecule has 0 amide bonds. The first-order valence-corrected chi connectivity index (χ1v) is 6.00. The smallest absolute Gasteiger partial charge is 0.163 e. The lowest BCUT2D eigenvalue weighted by Crippen LogP contribution is -2.14. The summed E-state index contributed by atoms with van der Waals surface area (Å²) in [5.41, 5.74) is 2.18. The number of benzene rings is 1. The lowest BCUT2D eigenvalue weighted by molar-refractivity contribution is 0.130. The average Bonchev–Trinajstić information content (AvgIpc) is 2.38. The van der Waals surface area contributed by atoms with Crippen LogP contribution in [0.4, 0.5) is 5.69 Å². The molecule has 17 heavy (non-hydrogen) atoms. The van der Waals surface area contributed by atoms with E-state index >= 15 is 0 Å². The van der Waals surface area contributed by atoms with Crippen molar-refractivity contribution in [1.29, 1.82) is 0 Å². The number of anilines is 1. The molecule has 0 bridgehead atoms. The fourth-order valence-corrected chi connectivity index (χ4v) is 1.77. The van der Waals surface area contributed by atoms with Gasteiger partial charge in [0.25, 0.3) is 0 Å². The van der Waals surface area contributed by atoms with Crippen LogP contribution in [-0.4, -0.2) is 20.4 Å². The minimum Gasteiger partial charge on any atom is -0.493 e. The van der Waals surface area contributed by atoms with E-state index in [2.05, 4.69) is 12.2 Å². The van der Waals surface area contributed by atoms with Crippen LogP contribution in [0.1, 0.15) is 25.3 Å². The van der Waals surface area contributed by atoms with Crippen LogP contribution in [0.5, 0.6) is 11.5 Å². The Morgan fingerprint density at radius 1 is 1.35 bits per heavy atom. The molecule has 0 unspecified atom stereocenters. The third-order valence-electron chi connectivity index (χ3n) is 2.77. The van der Waals surface area contributed by atoms with Crippen molar-refractivity contribution in [3.05, 3.63) is 17.7 Å². The fourth-order valence-electron chi connectivity index (χ4n) is 1.77. The second-order valence-electron chi connectivity index (χ2n) is 4.03. The van der Waals surface area contributed by atoms with Gasteiger partial charge in [0.15, 0.2) is 11.5 Å². The number of hydrogen-bond donors (Lipinski definition) is 1. The molecule has 0 saturated heterocycles. The fraction of sp³-hybridized carbons (Fsp3) is 0.538.